The molecular formula is C77H56N4. The van der Waals surface area contributed by atoms with Gasteiger partial charge in [-0.2, -0.15) is 0 Å². The Kier molecular flexibility index (Phi) is 11.0. The molecule has 0 aliphatic heterocycles. The molecule has 0 unspecified atom stereocenters. The summed E-state index contributed by atoms with van der Waals surface area (Å²) in [5.74, 6) is 0. The molecule has 0 amide bonds. The minimum Gasteiger partial charge on any atom is -0.309 e. The Morgan fingerprint density at radius 2 is 0.321 bits per heavy atom. The van der Waals surface area contributed by atoms with Crippen LogP contribution in [0.4, 0.5) is 0 Å². The van der Waals surface area contributed by atoms with Crippen molar-refractivity contribution in [1.82, 2.24) is 18.3 Å². The quantitative estimate of drug-likeness (QED) is 0.116. The van der Waals surface area contributed by atoms with Gasteiger partial charge in [0.15, 0.2) is 0 Å². The molecule has 81 heavy (non-hydrogen) atoms. The number of benzene rings is 12. The third-order valence-electron chi connectivity index (χ3n) is 17.4. The second-order valence-corrected chi connectivity index (χ2v) is 22.4. The van der Waals surface area contributed by atoms with Crippen molar-refractivity contribution in [2.45, 2.75) is 25.7 Å². The Bertz CT molecular complexity index is 4170. The molecule has 4 nitrogen and oxygen atoms in total. The fourth-order valence-electron chi connectivity index (χ4n) is 14.0. The van der Waals surface area contributed by atoms with Crippen LogP contribution in [0.25, 0.3) is 110 Å². The summed E-state index contributed by atoms with van der Waals surface area (Å²) in [6.07, 6.45) is 3.49. The van der Waals surface area contributed by atoms with E-state index in [2.05, 4.69) is 309 Å². The maximum Gasteiger partial charge on any atom is 0.0541 e. The van der Waals surface area contributed by atoms with Crippen molar-refractivity contribution in [3.63, 3.8) is 0 Å². The van der Waals surface area contributed by atoms with Gasteiger partial charge in [-0.25, -0.2) is 0 Å². The van der Waals surface area contributed by atoms with Gasteiger partial charge in [0.2, 0.25) is 0 Å². The molecule has 4 heteroatoms. The number of hydrogen-bond donors (Lipinski definition) is 0. The van der Waals surface area contributed by atoms with Crippen molar-refractivity contribution >= 4 is 87.2 Å². The van der Waals surface area contributed by atoms with E-state index in [1.54, 1.807) is 0 Å². The molecule has 0 atom stereocenters. The fraction of sp³-hybridized carbons (Fsp3) is 0.0649. The van der Waals surface area contributed by atoms with Gasteiger partial charge in [0.25, 0.3) is 0 Å². The van der Waals surface area contributed by atoms with E-state index in [0.717, 1.165) is 25.7 Å². The molecule has 16 aromatic rings. The summed E-state index contributed by atoms with van der Waals surface area (Å²) >= 11 is 0. The van der Waals surface area contributed by atoms with Gasteiger partial charge in [-0.1, -0.05) is 194 Å². The number of hydrogen-bond acceptors (Lipinski definition) is 0. The van der Waals surface area contributed by atoms with E-state index in [4.69, 9.17) is 0 Å². The third kappa shape index (κ3) is 7.89. The van der Waals surface area contributed by atoms with Crippen LogP contribution < -0.4 is 0 Å². The highest BCUT2D eigenvalue weighted by Crippen LogP contribution is 2.41. The molecule has 16 rings (SSSR count). The molecule has 0 bridgehead atoms. The minimum absolute atomic E-state index is 0.245. The molecule has 4 heterocycles. The number of para-hydroxylation sites is 8. The highest BCUT2D eigenvalue weighted by molar-refractivity contribution is 6.12. The van der Waals surface area contributed by atoms with E-state index in [9.17, 15) is 0 Å². The van der Waals surface area contributed by atoms with Crippen LogP contribution in [0.2, 0.25) is 0 Å². The average molecular weight is 1040 g/mol. The number of aromatic nitrogens is 4. The van der Waals surface area contributed by atoms with Crippen molar-refractivity contribution in [1.29, 1.82) is 0 Å². The van der Waals surface area contributed by atoms with Crippen LogP contribution in [0, 0.1) is 5.41 Å². The van der Waals surface area contributed by atoms with E-state index in [-0.39, 0.29) is 5.41 Å². The number of rotatable bonds is 12. The lowest BCUT2D eigenvalue weighted by Crippen LogP contribution is -2.32. The predicted octanol–water partition coefficient (Wildman–Crippen LogP) is 19.3. The Morgan fingerprint density at radius 1 is 0.173 bits per heavy atom. The van der Waals surface area contributed by atoms with E-state index >= 15 is 0 Å². The molecule has 0 aliphatic rings. The summed E-state index contributed by atoms with van der Waals surface area (Å²) < 4.78 is 9.71. The molecule has 0 N–H and O–H groups in total. The monoisotopic (exact) mass is 1040 g/mol. The predicted molar refractivity (Wildman–Crippen MR) is 340 cm³/mol. The molecule has 0 saturated heterocycles. The minimum atomic E-state index is -0.245. The lowest BCUT2D eigenvalue weighted by atomic mass is 9.68. The van der Waals surface area contributed by atoms with Crippen molar-refractivity contribution in [2.75, 3.05) is 0 Å². The zero-order chi connectivity index (χ0) is 53.4. The Morgan fingerprint density at radius 3 is 0.481 bits per heavy atom. The van der Waals surface area contributed by atoms with Crippen molar-refractivity contribution in [3.05, 3.63) is 313 Å². The van der Waals surface area contributed by atoms with Gasteiger partial charge < -0.3 is 18.3 Å². The smallest absolute Gasteiger partial charge is 0.0541 e. The standard InChI is InChI=1S/C77H56N4/c1-9-25-69-61(17-1)62-18-2-10-26-70(62)78(69)57-41-33-53(34-42-57)49-77(50-54-35-43-58(44-36-54)79-71-27-11-3-19-63(71)64-20-4-12-28-72(64)79,51-55-37-45-59(46-38-55)80-73-29-13-5-21-65(73)66-22-6-14-30-74(66)80)52-56-39-47-60(48-40-56)81-75-31-15-7-23-67(75)68-24-8-16-32-76(68)81/h1-48H,49-52H2. The summed E-state index contributed by atoms with van der Waals surface area (Å²) in [6, 6.07) is 108. The van der Waals surface area contributed by atoms with Gasteiger partial charge in [-0.05, 0) is 150 Å². The van der Waals surface area contributed by atoms with E-state index in [1.807, 2.05) is 0 Å². The lowest BCUT2D eigenvalue weighted by Gasteiger charge is -2.36. The van der Waals surface area contributed by atoms with Crippen LogP contribution in [-0.2, 0) is 25.7 Å². The second kappa shape index (κ2) is 19.0. The lowest BCUT2D eigenvalue weighted by molar-refractivity contribution is 0.275. The molecule has 4 aromatic heterocycles. The first-order valence-electron chi connectivity index (χ1n) is 28.4. The molecule has 0 spiro atoms. The van der Waals surface area contributed by atoms with Crippen LogP contribution in [0.3, 0.4) is 0 Å². The SMILES string of the molecule is c1ccc2c(c1)c1ccccc1n2-c1ccc(CC(Cc2ccc(-n3c4ccccc4c4ccccc43)cc2)(Cc2ccc(-n3c4ccccc4c4ccccc43)cc2)Cc2ccc(-n3c4ccccc4c4ccccc43)cc2)cc1. The van der Waals surface area contributed by atoms with Crippen LogP contribution in [0.1, 0.15) is 22.3 Å². The maximum absolute atomic E-state index is 2.43. The van der Waals surface area contributed by atoms with Crippen LogP contribution in [-0.4, -0.2) is 18.3 Å². The van der Waals surface area contributed by atoms with Gasteiger partial charge in [-0.15, -0.1) is 0 Å². The first-order valence-corrected chi connectivity index (χ1v) is 28.4. The van der Waals surface area contributed by atoms with Gasteiger partial charge >= 0.3 is 0 Å². The molecule has 384 valence electrons. The Balaban J connectivity index is 0.834. The molecular weight excluding hydrogens is 981 g/mol. The van der Waals surface area contributed by atoms with Crippen LogP contribution in [0.15, 0.2) is 291 Å². The van der Waals surface area contributed by atoms with Gasteiger partial charge in [-0.3, -0.25) is 0 Å². The number of nitrogens with zero attached hydrogens (tertiary/aromatic N) is 4. The van der Waals surface area contributed by atoms with E-state index in [0.29, 0.717) is 0 Å². The van der Waals surface area contributed by atoms with Gasteiger partial charge in [0.1, 0.15) is 0 Å². The third-order valence-corrected chi connectivity index (χ3v) is 17.4. The summed E-state index contributed by atoms with van der Waals surface area (Å²) in [7, 11) is 0. The van der Waals surface area contributed by atoms with E-state index < -0.39 is 0 Å². The van der Waals surface area contributed by atoms with Crippen molar-refractivity contribution in [3.8, 4) is 22.7 Å². The highest BCUT2D eigenvalue weighted by Gasteiger charge is 2.33. The zero-order valence-corrected chi connectivity index (χ0v) is 44.8. The summed E-state index contributed by atoms with van der Waals surface area (Å²) in [4.78, 5) is 0. The molecule has 0 aliphatic carbocycles. The first kappa shape index (κ1) is 46.9. The van der Waals surface area contributed by atoms with Crippen molar-refractivity contribution < 1.29 is 0 Å². The van der Waals surface area contributed by atoms with Crippen molar-refractivity contribution in [2.24, 2.45) is 5.41 Å². The van der Waals surface area contributed by atoms with Gasteiger partial charge in [0.05, 0.1) is 44.1 Å². The number of fused-ring (bicyclic) bond motifs is 12. The maximum atomic E-state index is 2.43. The van der Waals surface area contributed by atoms with E-state index in [1.165, 1.54) is 132 Å². The highest BCUT2D eigenvalue weighted by atomic mass is 15.0. The normalized spacial score (nSPS) is 12.1. The van der Waals surface area contributed by atoms with Crippen LogP contribution in [0.5, 0.6) is 0 Å². The summed E-state index contributed by atoms with van der Waals surface area (Å²) in [5, 5.41) is 10.2. The Hall–Kier alpha value is -10.2. The fourth-order valence-corrected chi connectivity index (χ4v) is 14.0. The molecule has 12 aromatic carbocycles. The Labute approximate surface area is 470 Å². The van der Waals surface area contributed by atoms with Crippen LogP contribution >= 0.6 is 0 Å². The molecule has 0 fully saturated rings. The second-order valence-electron chi connectivity index (χ2n) is 22.4. The molecule has 0 radical (unpaired) electrons. The summed E-state index contributed by atoms with van der Waals surface area (Å²) in [5.41, 5.74) is 19.5. The first-order chi connectivity index (χ1) is 40.1. The van der Waals surface area contributed by atoms with Gasteiger partial charge in [0, 0.05) is 65.8 Å². The summed E-state index contributed by atoms with van der Waals surface area (Å²) in [6.45, 7) is 0. The largest absolute Gasteiger partial charge is 0.309 e. The zero-order valence-electron chi connectivity index (χ0n) is 44.8. The topological polar surface area (TPSA) is 19.7 Å². The average Bonchev–Trinajstić information content (AvgIpc) is 4.29. The molecule has 0 saturated carbocycles.